The minimum absolute atomic E-state index is 0.0878. The van der Waals surface area contributed by atoms with Gasteiger partial charge < -0.3 is 4.74 Å². The minimum atomic E-state index is -1.05. The number of hydrogen-bond donors (Lipinski definition) is 0. The fourth-order valence-corrected chi connectivity index (χ4v) is 1.79. The van der Waals surface area contributed by atoms with E-state index in [1.165, 1.54) is 21.0 Å². The topological polar surface area (TPSA) is 86.5 Å². The maximum absolute atomic E-state index is 10.7. The Bertz CT molecular complexity index is 374. The van der Waals surface area contributed by atoms with Crippen molar-refractivity contribution in [3.05, 3.63) is 10.1 Å². The first kappa shape index (κ1) is 18.5. The average Bonchev–Trinajstić information content (AvgIpc) is 2.64. The van der Waals surface area contributed by atoms with Gasteiger partial charge in [0, 0.05) is 38.0 Å². The van der Waals surface area contributed by atoms with Crippen molar-refractivity contribution in [3.8, 4) is 0 Å². The third kappa shape index (κ3) is 7.21. The van der Waals surface area contributed by atoms with Crippen LogP contribution in [0.4, 0.5) is 0 Å². The number of esters is 1. The number of methoxy groups -OCH3 is 1. The van der Waals surface area contributed by atoms with E-state index in [0.29, 0.717) is 11.2 Å². The van der Waals surface area contributed by atoms with Crippen LogP contribution in [0.5, 0.6) is 0 Å². The van der Waals surface area contributed by atoms with E-state index in [0.717, 1.165) is 19.3 Å². The molecule has 0 radical (unpaired) electrons. The molecular formula is C14H25NO5. The van der Waals surface area contributed by atoms with Crippen LogP contribution < -0.4 is 0 Å². The van der Waals surface area contributed by atoms with Gasteiger partial charge in [-0.2, -0.15) is 0 Å². The van der Waals surface area contributed by atoms with Crippen LogP contribution in [0.25, 0.3) is 0 Å². The molecule has 1 fully saturated rings. The lowest BCUT2D eigenvalue weighted by Crippen LogP contribution is -2.31. The molecule has 0 bridgehead atoms. The van der Waals surface area contributed by atoms with Crippen LogP contribution in [0.1, 0.15) is 59.8 Å². The van der Waals surface area contributed by atoms with Gasteiger partial charge in [0.1, 0.15) is 5.78 Å². The van der Waals surface area contributed by atoms with Gasteiger partial charge in [-0.3, -0.25) is 19.7 Å². The monoisotopic (exact) mass is 287 g/mol. The second-order valence-electron chi connectivity index (χ2n) is 6.53. The van der Waals surface area contributed by atoms with Crippen molar-refractivity contribution in [2.45, 2.75) is 65.3 Å². The first-order valence-corrected chi connectivity index (χ1v) is 6.73. The van der Waals surface area contributed by atoms with Gasteiger partial charge in [-0.25, -0.2) is 0 Å². The van der Waals surface area contributed by atoms with Crippen LogP contribution in [-0.2, 0) is 14.3 Å². The molecule has 0 N–H and O–H groups in total. The first-order chi connectivity index (χ1) is 9.00. The lowest BCUT2D eigenvalue weighted by atomic mass is 9.92. The molecule has 1 aliphatic carbocycles. The third-order valence-corrected chi connectivity index (χ3v) is 3.42. The summed E-state index contributed by atoms with van der Waals surface area (Å²) in [6.45, 7) is 7.27. The molecule has 0 saturated heterocycles. The molecule has 6 heteroatoms. The minimum Gasteiger partial charge on any atom is -0.469 e. The van der Waals surface area contributed by atoms with Crippen LogP contribution in [-0.4, -0.2) is 29.3 Å². The predicted molar refractivity (Wildman–Crippen MR) is 75.0 cm³/mol. The quantitative estimate of drug-likeness (QED) is 0.451. The number of nitro groups is 1. The maximum atomic E-state index is 10.7. The van der Waals surface area contributed by atoms with Crippen molar-refractivity contribution in [1.82, 2.24) is 0 Å². The number of nitrogens with zero attached hydrogens (tertiary/aromatic N) is 1. The molecule has 0 atom stereocenters. The molecule has 0 unspecified atom stereocenters. The number of Topliss-reactive ketones (excluding diaryl/α,β-unsaturated/α-hetero) is 1. The third-order valence-electron chi connectivity index (χ3n) is 3.42. The van der Waals surface area contributed by atoms with Crippen molar-refractivity contribution >= 4 is 11.8 Å². The van der Waals surface area contributed by atoms with Crippen molar-refractivity contribution in [2.75, 3.05) is 7.11 Å². The van der Waals surface area contributed by atoms with E-state index in [4.69, 9.17) is 0 Å². The van der Waals surface area contributed by atoms with E-state index in [-0.39, 0.29) is 12.8 Å². The molecule has 1 saturated carbocycles. The van der Waals surface area contributed by atoms with E-state index >= 15 is 0 Å². The molecule has 0 aliphatic heterocycles. The van der Waals surface area contributed by atoms with Gasteiger partial charge in [-0.15, -0.1) is 0 Å². The Kier molecular flexibility index (Phi) is 6.82. The SMILES string of the molecule is CC1(C)CCC(=O)C1.COC(=O)CCC(C)(C)[N+](=O)[O-]. The zero-order valence-corrected chi connectivity index (χ0v) is 13.0. The lowest BCUT2D eigenvalue weighted by molar-refractivity contribution is -0.561. The Morgan fingerprint density at radius 2 is 2.00 bits per heavy atom. The predicted octanol–water partition coefficient (Wildman–Crippen LogP) is 2.76. The fraction of sp³-hybridized carbons (Fsp3) is 0.857. The van der Waals surface area contributed by atoms with Gasteiger partial charge in [0.25, 0.3) is 0 Å². The first-order valence-electron chi connectivity index (χ1n) is 6.73. The van der Waals surface area contributed by atoms with Crippen LogP contribution in [0.15, 0.2) is 0 Å². The van der Waals surface area contributed by atoms with Gasteiger partial charge >= 0.3 is 5.97 Å². The standard InChI is InChI=1S/C7H13NO4.C7H12O/c1-7(2,8(10)11)5-4-6(9)12-3;1-7(2)4-3-6(8)5-7/h4-5H2,1-3H3;3-5H2,1-2H3. The summed E-state index contributed by atoms with van der Waals surface area (Å²) in [6, 6.07) is 0. The van der Waals surface area contributed by atoms with Crippen LogP contribution >= 0.6 is 0 Å². The summed E-state index contributed by atoms with van der Waals surface area (Å²) < 4.78 is 4.36. The van der Waals surface area contributed by atoms with E-state index in [1.54, 1.807) is 0 Å². The number of carbonyl (C=O) groups excluding carboxylic acids is 2. The van der Waals surface area contributed by atoms with Crippen LogP contribution in [0.3, 0.4) is 0 Å². The van der Waals surface area contributed by atoms with Gasteiger partial charge in [0.05, 0.1) is 13.5 Å². The van der Waals surface area contributed by atoms with Crippen molar-refractivity contribution in [3.63, 3.8) is 0 Å². The summed E-state index contributed by atoms with van der Waals surface area (Å²) in [5, 5.41) is 10.4. The molecule has 1 aliphatic rings. The highest BCUT2D eigenvalue weighted by Gasteiger charge is 2.31. The summed E-state index contributed by atoms with van der Waals surface area (Å²) in [6.07, 6.45) is 2.99. The maximum Gasteiger partial charge on any atom is 0.305 e. The molecule has 0 aromatic heterocycles. The smallest absolute Gasteiger partial charge is 0.305 e. The molecule has 0 amide bonds. The molecule has 0 aromatic rings. The fourth-order valence-electron chi connectivity index (χ4n) is 1.79. The van der Waals surface area contributed by atoms with E-state index in [2.05, 4.69) is 18.6 Å². The highest BCUT2D eigenvalue weighted by molar-refractivity contribution is 5.81. The average molecular weight is 287 g/mol. The summed E-state index contributed by atoms with van der Waals surface area (Å²) in [4.78, 5) is 31.3. The van der Waals surface area contributed by atoms with Crippen LogP contribution in [0.2, 0.25) is 0 Å². The molecule has 116 valence electrons. The number of carbonyl (C=O) groups is 2. The second kappa shape index (κ2) is 7.36. The number of ether oxygens (including phenoxy) is 1. The Labute approximate surface area is 120 Å². The number of rotatable bonds is 4. The van der Waals surface area contributed by atoms with Gasteiger partial charge in [0.2, 0.25) is 5.54 Å². The normalized spacial score (nSPS) is 17.1. The van der Waals surface area contributed by atoms with Crippen molar-refractivity contribution < 1.29 is 19.2 Å². The van der Waals surface area contributed by atoms with Gasteiger partial charge in [-0.05, 0) is 11.8 Å². The largest absolute Gasteiger partial charge is 0.469 e. The van der Waals surface area contributed by atoms with E-state index in [1.807, 2.05) is 0 Å². The molecule has 6 nitrogen and oxygen atoms in total. The number of ketones is 1. The zero-order valence-electron chi connectivity index (χ0n) is 13.0. The molecule has 0 spiro atoms. The molecule has 0 aromatic carbocycles. The molecule has 1 rings (SSSR count). The van der Waals surface area contributed by atoms with Crippen molar-refractivity contribution in [2.24, 2.45) is 5.41 Å². The van der Waals surface area contributed by atoms with E-state index < -0.39 is 16.4 Å². The van der Waals surface area contributed by atoms with Crippen molar-refractivity contribution in [1.29, 1.82) is 0 Å². The molecular weight excluding hydrogens is 262 g/mol. The summed E-state index contributed by atoms with van der Waals surface area (Å²) in [5.41, 5.74) is -0.731. The Morgan fingerprint density at radius 1 is 1.45 bits per heavy atom. The second-order valence-corrected chi connectivity index (χ2v) is 6.53. The van der Waals surface area contributed by atoms with E-state index in [9.17, 15) is 19.7 Å². The molecule has 20 heavy (non-hydrogen) atoms. The Morgan fingerprint density at radius 3 is 2.25 bits per heavy atom. The Hall–Kier alpha value is -1.46. The lowest BCUT2D eigenvalue weighted by Gasteiger charge is -2.13. The van der Waals surface area contributed by atoms with Gasteiger partial charge in [-0.1, -0.05) is 13.8 Å². The van der Waals surface area contributed by atoms with Gasteiger partial charge in [0.15, 0.2) is 0 Å². The summed E-state index contributed by atoms with van der Waals surface area (Å²) in [7, 11) is 1.27. The van der Waals surface area contributed by atoms with Crippen LogP contribution in [0, 0.1) is 15.5 Å². The summed E-state index contributed by atoms with van der Waals surface area (Å²) >= 11 is 0. The zero-order chi connectivity index (χ0) is 16.0. The Balaban J connectivity index is 0.000000388. The highest BCUT2D eigenvalue weighted by atomic mass is 16.6. The molecule has 0 heterocycles. The highest BCUT2D eigenvalue weighted by Crippen LogP contribution is 2.33. The summed E-state index contributed by atoms with van der Waals surface area (Å²) in [5.74, 6) is 0.0277. The number of hydrogen-bond acceptors (Lipinski definition) is 5.